The summed E-state index contributed by atoms with van der Waals surface area (Å²) < 4.78 is 1.37. The first-order valence-corrected chi connectivity index (χ1v) is 5.35. The van der Waals surface area contributed by atoms with E-state index in [2.05, 4.69) is 10.4 Å². The molecule has 0 aliphatic carbocycles. The summed E-state index contributed by atoms with van der Waals surface area (Å²) in [5, 5.41) is 7.32. The van der Waals surface area contributed by atoms with Crippen LogP contribution in [0.5, 0.6) is 0 Å². The standard InChI is InChI=1S/C10H16ClN3O/c1-6(2)13-8-5-12-14(7(3)4)10(15)9(8)11/h5-7,13H,1-4H3. The van der Waals surface area contributed by atoms with Gasteiger partial charge in [0, 0.05) is 6.04 Å². The van der Waals surface area contributed by atoms with Crippen LogP contribution in [0.4, 0.5) is 5.69 Å². The lowest BCUT2D eigenvalue weighted by atomic mass is 10.3. The number of halogens is 1. The lowest BCUT2D eigenvalue weighted by Gasteiger charge is -2.13. The van der Waals surface area contributed by atoms with Gasteiger partial charge in [0.25, 0.3) is 5.56 Å². The molecule has 0 bridgehead atoms. The van der Waals surface area contributed by atoms with Gasteiger partial charge in [0.2, 0.25) is 0 Å². The number of nitrogens with zero attached hydrogens (tertiary/aromatic N) is 2. The summed E-state index contributed by atoms with van der Waals surface area (Å²) in [6, 6.07) is 0.238. The number of nitrogens with one attached hydrogen (secondary N) is 1. The van der Waals surface area contributed by atoms with Gasteiger partial charge >= 0.3 is 0 Å². The molecule has 1 aromatic rings. The average Bonchev–Trinajstić information content (AvgIpc) is 2.12. The van der Waals surface area contributed by atoms with E-state index in [1.807, 2.05) is 27.7 Å². The molecule has 0 aromatic carbocycles. The minimum atomic E-state index is -0.252. The second kappa shape index (κ2) is 4.66. The van der Waals surface area contributed by atoms with Crippen LogP contribution in [-0.2, 0) is 0 Å². The van der Waals surface area contributed by atoms with Gasteiger partial charge in [0.15, 0.2) is 0 Å². The largest absolute Gasteiger partial charge is 0.380 e. The van der Waals surface area contributed by atoms with Gasteiger partial charge in [-0.25, -0.2) is 4.68 Å². The third kappa shape index (κ3) is 2.72. The van der Waals surface area contributed by atoms with Crippen molar-refractivity contribution in [3.05, 3.63) is 21.6 Å². The van der Waals surface area contributed by atoms with Crippen molar-refractivity contribution < 1.29 is 0 Å². The number of rotatable bonds is 3. The van der Waals surface area contributed by atoms with Crippen LogP contribution in [0.1, 0.15) is 33.7 Å². The quantitative estimate of drug-likeness (QED) is 0.865. The van der Waals surface area contributed by atoms with Crippen molar-refractivity contribution in [3.8, 4) is 0 Å². The van der Waals surface area contributed by atoms with E-state index in [1.165, 1.54) is 4.68 Å². The summed E-state index contributed by atoms with van der Waals surface area (Å²) in [6.07, 6.45) is 1.59. The predicted octanol–water partition coefficient (Wildman–Crippen LogP) is 2.30. The van der Waals surface area contributed by atoms with Crippen LogP contribution in [0.2, 0.25) is 5.02 Å². The van der Waals surface area contributed by atoms with Crippen molar-refractivity contribution in [3.63, 3.8) is 0 Å². The monoisotopic (exact) mass is 229 g/mol. The Morgan fingerprint density at radius 2 is 2.00 bits per heavy atom. The van der Waals surface area contributed by atoms with Crippen LogP contribution < -0.4 is 10.9 Å². The SMILES string of the molecule is CC(C)Nc1cnn(C(C)C)c(=O)c1Cl. The highest BCUT2D eigenvalue weighted by Gasteiger charge is 2.11. The molecule has 0 unspecified atom stereocenters. The molecular formula is C10H16ClN3O. The summed E-state index contributed by atoms with van der Waals surface area (Å²) in [5.41, 5.74) is 0.339. The van der Waals surface area contributed by atoms with Gasteiger partial charge in [-0.2, -0.15) is 5.10 Å². The van der Waals surface area contributed by atoms with Crippen molar-refractivity contribution in [1.82, 2.24) is 9.78 Å². The zero-order chi connectivity index (χ0) is 11.6. The molecule has 15 heavy (non-hydrogen) atoms. The minimum Gasteiger partial charge on any atom is -0.380 e. The van der Waals surface area contributed by atoms with Gasteiger partial charge in [-0.05, 0) is 27.7 Å². The van der Waals surface area contributed by atoms with Crippen LogP contribution in [-0.4, -0.2) is 15.8 Å². The minimum absolute atomic E-state index is 0.0168. The highest BCUT2D eigenvalue weighted by Crippen LogP contribution is 2.16. The highest BCUT2D eigenvalue weighted by atomic mass is 35.5. The molecule has 0 aliphatic heterocycles. The van der Waals surface area contributed by atoms with Crippen molar-refractivity contribution in [2.75, 3.05) is 5.32 Å². The molecule has 1 heterocycles. The number of hydrogen-bond donors (Lipinski definition) is 1. The van der Waals surface area contributed by atoms with Crippen molar-refractivity contribution >= 4 is 17.3 Å². The van der Waals surface area contributed by atoms with E-state index in [0.717, 1.165) is 0 Å². The smallest absolute Gasteiger partial charge is 0.287 e. The van der Waals surface area contributed by atoms with Gasteiger partial charge in [0.1, 0.15) is 5.02 Å². The van der Waals surface area contributed by atoms with E-state index in [0.29, 0.717) is 5.69 Å². The van der Waals surface area contributed by atoms with E-state index < -0.39 is 0 Å². The fourth-order valence-electron chi connectivity index (χ4n) is 1.22. The van der Waals surface area contributed by atoms with Gasteiger partial charge in [-0.1, -0.05) is 11.6 Å². The molecule has 0 amide bonds. The van der Waals surface area contributed by atoms with Crippen LogP contribution in [0.3, 0.4) is 0 Å². The molecule has 0 atom stereocenters. The Balaban J connectivity index is 3.16. The average molecular weight is 230 g/mol. The zero-order valence-corrected chi connectivity index (χ0v) is 10.2. The molecular weight excluding hydrogens is 214 g/mol. The summed E-state index contributed by atoms with van der Waals surface area (Å²) in [5.74, 6) is 0. The molecule has 1 aromatic heterocycles. The molecule has 4 nitrogen and oxygen atoms in total. The Kier molecular flexibility index (Phi) is 3.74. The summed E-state index contributed by atoms with van der Waals surface area (Å²) >= 11 is 5.95. The molecule has 5 heteroatoms. The van der Waals surface area contributed by atoms with E-state index in [1.54, 1.807) is 6.20 Å². The number of hydrogen-bond acceptors (Lipinski definition) is 3. The van der Waals surface area contributed by atoms with Crippen molar-refractivity contribution in [2.45, 2.75) is 39.8 Å². The molecule has 1 rings (SSSR count). The second-order valence-corrected chi connectivity index (χ2v) is 4.39. The number of anilines is 1. The van der Waals surface area contributed by atoms with E-state index in [-0.39, 0.29) is 22.7 Å². The first-order valence-electron chi connectivity index (χ1n) is 4.97. The van der Waals surface area contributed by atoms with E-state index in [4.69, 9.17) is 11.6 Å². The maximum absolute atomic E-state index is 11.7. The molecule has 0 aliphatic rings. The van der Waals surface area contributed by atoms with Gasteiger partial charge in [-0.3, -0.25) is 4.79 Å². The highest BCUT2D eigenvalue weighted by molar-refractivity contribution is 6.32. The molecule has 0 saturated carbocycles. The Morgan fingerprint density at radius 3 is 2.47 bits per heavy atom. The molecule has 84 valence electrons. The third-order valence-electron chi connectivity index (χ3n) is 1.88. The molecule has 1 N–H and O–H groups in total. The normalized spacial score (nSPS) is 11.1. The fourth-order valence-corrected chi connectivity index (χ4v) is 1.41. The van der Waals surface area contributed by atoms with Gasteiger partial charge < -0.3 is 5.32 Å². The first-order chi connectivity index (χ1) is 6.93. The summed E-state index contributed by atoms with van der Waals surface area (Å²) in [6.45, 7) is 7.73. The Bertz CT molecular complexity index is 398. The molecule has 0 radical (unpaired) electrons. The van der Waals surface area contributed by atoms with Crippen LogP contribution in [0, 0.1) is 0 Å². The van der Waals surface area contributed by atoms with Crippen LogP contribution in [0.25, 0.3) is 0 Å². The summed E-state index contributed by atoms with van der Waals surface area (Å²) in [7, 11) is 0. The Hall–Kier alpha value is -1.03. The van der Waals surface area contributed by atoms with Crippen LogP contribution in [0.15, 0.2) is 11.0 Å². The lowest BCUT2D eigenvalue weighted by Crippen LogP contribution is -2.26. The Labute approximate surface area is 94.3 Å². The maximum Gasteiger partial charge on any atom is 0.287 e. The second-order valence-electron chi connectivity index (χ2n) is 4.01. The molecule has 0 spiro atoms. The van der Waals surface area contributed by atoms with E-state index >= 15 is 0 Å². The van der Waals surface area contributed by atoms with Gasteiger partial charge in [-0.15, -0.1) is 0 Å². The maximum atomic E-state index is 11.7. The molecule has 0 saturated heterocycles. The number of aromatic nitrogens is 2. The van der Waals surface area contributed by atoms with Crippen molar-refractivity contribution in [2.24, 2.45) is 0 Å². The third-order valence-corrected chi connectivity index (χ3v) is 2.24. The van der Waals surface area contributed by atoms with Gasteiger partial charge in [0.05, 0.1) is 17.9 Å². The Morgan fingerprint density at radius 1 is 1.40 bits per heavy atom. The zero-order valence-electron chi connectivity index (χ0n) is 9.41. The lowest BCUT2D eigenvalue weighted by molar-refractivity contribution is 0.503. The van der Waals surface area contributed by atoms with Crippen molar-refractivity contribution in [1.29, 1.82) is 0 Å². The van der Waals surface area contributed by atoms with Crippen LogP contribution >= 0.6 is 11.6 Å². The molecule has 0 fully saturated rings. The topological polar surface area (TPSA) is 46.9 Å². The predicted molar refractivity (Wildman–Crippen MR) is 62.7 cm³/mol. The first kappa shape index (κ1) is 12.0. The van der Waals surface area contributed by atoms with E-state index in [9.17, 15) is 4.79 Å². The summed E-state index contributed by atoms with van der Waals surface area (Å²) in [4.78, 5) is 11.7. The fraction of sp³-hybridized carbons (Fsp3) is 0.600.